The van der Waals surface area contributed by atoms with Gasteiger partial charge in [0.2, 0.25) is 0 Å². The standard InChI is InChI=1S/C81H158O17P2/c1-8-10-11-12-13-41-48-55-62-78(83)91-68-76(97-81(86)65-58-51-44-37-31-25-27-33-39-46-53-60-73(5)6)70-95-99(87,88)93-66-75(82)67-94-100(89,90)96-71-77(69-92-79(84)63-56-49-42-35-29-24-20-21-26-32-38-45-52-59-72(3)4)98-80(85)64-57-50-43-36-30-23-19-17-15-14-16-18-22-28-34-40-47-54-61-74(7)9-2/h72-77,82H,8-71H2,1-7H3,(H,87,88)(H,89,90)/t74?,75-,76+,77+/m0/s1. The molecule has 3 N–H and O–H groups in total. The van der Waals surface area contributed by atoms with E-state index >= 15 is 0 Å². The number of rotatable bonds is 79. The van der Waals surface area contributed by atoms with Gasteiger partial charge in [-0.05, 0) is 43.4 Å². The van der Waals surface area contributed by atoms with Gasteiger partial charge in [0.15, 0.2) is 12.2 Å². The van der Waals surface area contributed by atoms with Crippen LogP contribution in [0.4, 0.5) is 0 Å². The summed E-state index contributed by atoms with van der Waals surface area (Å²) in [5, 5.41) is 10.6. The van der Waals surface area contributed by atoms with Gasteiger partial charge in [-0.1, -0.05) is 370 Å². The Labute approximate surface area is 613 Å². The average Bonchev–Trinajstić information content (AvgIpc) is 0.930. The van der Waals surface area contributed by atoms with Crippen LogP contribution in [0.3, 0.4) is 0 Å². The third-order valence-corrected chi connectivity index (χ3v) is 21.1. The van der Waals surface area contributed by atoms with E-state index in [-0.39, 0.29) is 25.7 Å². The topological polar surface area (TPSA) is 237 Å². The van der Waals surface area contributed by atoms with Gasteiger partial charge in [-0.25, -0.2) is 9.13 Å². The molecule has 0 rings (SSSR count). The van der Waals surface area contributed by atoms with Crippen LogP contribution in [0, 0.1) is 17.8 Å². The number of carbonyl (C=O) groups excluding carboxylic acids is 4. The first-order chi connectivity index (χ1) is 48.3. The van der Waals surface area contributed by atoms with Crippen molar-refractivity contribution in [3.05, 3.63) is 0 Å². The zero-order chi connectivity index (χ0) is 73.7. The maximum atomic E-state index is 13.1. The summed E-state index contributed by atoms with van der Waals surface area (Å²) >= 11 is 0. The Morgan fingerprint density at radius 1 is 0.290 bits per heavy atom. The third kappa shape index (κ3) is 73.0. The van der Waals surface area contributed by atoms with Gasteiger partial charge in [0, 0.05) is 25.7 Å². The molecule has 0 aromatic rings. The van der Waals surface area contributed by atoms with Gasteiger partial charge in [-0.2, -0.15) is 0 Å². The quantitative estimate of drug-likeness (QED) is 0.0222. The molecule has 0 saturated carbocycles. The highest BCUT2D eigenvalue weighted by atomic mass is 31.2. The number of unbranched alkanes of at least 4 members (excludes halogenated alkanes) is 46. The first kappa shape index (κ1) is 98.1. The van der Waals surface area contributed by atoms with Gasteiger partial charge in [0.25, 0.3) is 0 Å². The molecule has 0 heterocycles. The first-order valence-electron chi connectivity index (χ1n) is 41.9. The predicted octanol–water partition coefficient (Wildman–Crippen LogP) is 24.1. The highest BCUT2D eigenvalue weighted by Crippen LogP contribution is 2.45. The number of ether oxygens (including phenoxy) is 4. The molecule has 0 spiro atoms. The summed E-state index contributed by atoms with van der Waals surface area (Å²) in [5.41, 5.74) is 0. The molecule has 0 aliphatic rings. The second-order valence-corrected chi connectivity index (χ2v) is 33.3. The number of phosphoric acid groups is 2. The molecule has 6 atom stereocenters. The highest BCUT2D eigenvalue weighted by Gasteiger charge is 2.30. The molecule has 594 valence electrons. The van der Waals surface area contributed by atoms with Crippen LogP contribution in [0.5, 0.6) is 0 Å². The maximum Gasteiger partial charge on any atom is 0.472 e. The molecule has 0 saturated heterocycles. The van der Waals surface area contributed by atoms with E-state index in [4.69, 9.17) is 37.0 Å². The van der Waals surface area contributed by atoms with Crippen molar-refractivity contribution in [2.75, 3.05) is 39.6 Å². The lowest BCUT2D eigenvalue weighted by molar-refractivity contribution is -0.161. The fourth-order valence-electron chi connectivity index (χ4n) is 12.5. The van der Waals surface area contributed by atoms with Crippen LogP contribution in [0.25, 0.3) is 0 Å². The van der Waals surface area contributed by atoms with Crippen molar-refractivity contribution in [3.8, 4) is 0 Å². The van der Waals surface area contributed by atoms with Crippen LogP contribution >= 0.6 is 15.6 Å². The second-order valence-electron chi connectivity index (χ2n) is 30.4. The van der Waals surface area contributed by atoms with Crippen LogP contribution in [0.2, 0.25) is 0 Å². The molecule has 0 aromatic heterocycles. The van der Waals surface area contributed by atoms with Crippen LogP contribution < -0.4 is 0 Å². The molecule has 17 nitrogen and oxygen atoms in total. The zero-order valence-corrected chi connectivity index (χ0v) is 67.5. The molecule has 0 amide bonds. The Kier molecular flexibility index (Phi) is 69.9. The maximum absolute atomic E-state index is 13.1. The van der Waals surface area contributed by atoms with Crippen molar-refractivity contribution in [1.29, 1.82) is 0 Å². The lowest BCUT2D eigenvalue weighted by atomic mass is 9.99. The van der Waals surface area contributed by atoms with E-state index in [9.17, 15) is 43.2 Å². The summed E-state index contributed by atoms with van der Waals surface area (Å²) < 4.78 is 68.6. The fourth-order valence-corrected chi connectivity index (χ4v) is 14.0. The molecule has 100 heavy (non-hydrogen) atoms. The lowest BCUT2D eigenvalue weighted by Gasteiger charge is -2.21. The Morgan fingerprint density at radius 3 is 0.760 bits per heavy atom. The van der Waals surface area contributed by atoms with Crippen molar-refractivity contribution >= 4 is 39.5 Å². The van der Waals surface area contributed by atoms with Crippen molar-refractivity contribution in [2.45, 2.75) is 439 Å². The minimum Gasteiger partial charge on any atom is -0.462 e. The number of esters is 4. The van der Waals surface area contributed by atoms with E-state index in [1.807, 2.05) is 0 Å². The normalized spacial score (nSPS) is 14.2. The van der Waals surface area contributed by atoms with E-state index < -0.39 is 97.5 Å². The van der Waals surface area contributed by atoms with Gasteiger partial charge in [-0.3, -0.25) is 37.3 Å². The molecule has 0 fully saturated rings. The SMILES string of the molecule is CCCCCCCCCCC(=O)OC[C@H](COP(=O)(O)OC[C@H](O)COP(=O)(O)OC[C@@H](COC(=O)CCCCCCCCCCCCCCCC(C)C)OC(=O)CCCCCCCCCCCCCCCCCCCCC(C)CC)OC(=O)CCCCCCCCCCCCCC(C)C. The molecular weight excluding hydrogens is 1310 g/mol. The highest BCUT2D eigenvalue weighted by molar-refractivity contribution is 7.47. The molecule has 0 aliphatic carbocycles. The second kappa shape index (κ2) is 71.3. The van der Waals surface area contributed by atoms with Gasteiger partial charge in [-0.15, -0.1) is 0 Å². The summed E-state index contributed by atoms with van der Waals surface area (Å²) in [6.45, 7) is 12.0. The first-order valence-corrected chi connectivity index (χ1v) is 44.9. The zero-order valence-electron chi connectivity index (χ0n) is 65.7. The van der Waals surface area contributed by atoms with Crippen LogP contribution in [-0.2, 0) is 65.4 Å². The molecule has 0 radical (unpaired) electrons. The van der Waals surface area contributed by atoms with E-state index in [1.54, 1.807) is 0 Å². The van der Waals surface area contributed by atoms with Crippen molar-refractivity contribution in [2.24, 2.45) is 17.8 Å². The number of hydrogen-bond acceptors (Lipinski definition) is 15. The van der Waals surface area contributed by atoms with E-state index in [0.717, 1.165) is 114 Å². The number of phosphoric ester groups is 2. The van der Waals surface area contributed by atoms with Gasteiger partial charge >= 0.3 is 39.5 Å². The van der Waals surface area contributed by atoms with Gasteiger partial charge < -0.3 is 33.8 Å². The largest absolute Gasteiger partial charge is 0.472 e. The molecule has 19 heteroatoms. The van der Waals surface area contributed by atoms with E-state index in [0.29, 0.717) is 25.7 Å². The van der Waals surface area contributed by atoms with Gasteiger partial charge in [0.05, 0.1) is 26.4 Å². The van der Waals surface area contributed by atoms with E-state index in [2.05, 4.69) is 48.5 Å². The van der Waals surface area contributed by atoms with Crippen LogP contribution in [0.1, 0.15) is 421 Å². The molecule has 3 unspecified atom stereocenters. The molecule has 0 bridgehead atoms. The Morgan fingerprint density at radius 2 is 0.510 bits per heavy atom. The third-order valence-electron chi connectivity index (χ3n) is 19.2. The fraction of sp³-hybridized carbons (Fsp3) is 0.951. The minimum absolute atomic E-state index is 0.106. The van der Waals surface area contributed by atoms with Crippen molar-refractivity contribution in [1.82, 2.24) is 0 Å². The Bertz CT molecular complexity index is 1940. The summed E-state index contributed by atoms with van der Waals surface area (Å²) in [7, 11) is -9.92. The Hall–Kier alpha value is -1.94. The summed E-state index contributed by atoms with van der Waals surface area (Å²) in [6, 6.07) is 0. The number of aliphatic hydroxyl groups is 1. The molecule has 0 aliphatic heterocycles. The van der Waals surface area contributed by atoms with Crippen LogP contribution in [-0.4, -0.2) is 96.7 Å². The summed E-state index contributed by atoms with van der Waals surface area (Å²) in [5.74, 6) is 0.314. The predicted molar refractivity (Wildman–Crippen MR) is 409 cm³/mol. The number of aliphatic hydroxyl groups excluding tert-OH is 1. The lowest BCUT2D eigenvalue weighted by Crippen LogP contribution is -2.30. The number of carbonyl (C=O) groups is 4. The number of hydrogen-bond donors (Lipinski definition) is 3. The van der Waals surface area contributed by atoms with Crippen molar-refractivity contribution < 1.29 is 80.2 Å². The Balaban J connectivity index is 5.19. The van der Waals surface area contributed by atoms with E-state index in [1.165, 1.54) is 225 Å². The summed E-state index contributed by atoms with van der Waals surface area (Å²) in [4.78, 5) is 72.9. The van der Waals surface area contributed by atoms with Crippen molar-refractivity contribution in [3.63, 3.8) is 0 Å². The monoisotopic (exact) mass is 1470 g/mol. The minimum atomic E-state index is -4.96. The molecular formula is C81H158O17P2. The molecule has 0 aromatic carbocycles. The van der Waals surface area contributed by atoms with Crippen LogP contribution in [0.15, 0.2) is 0 Å². The smallest absolute Gasteiger partial charge is 0.462 e. The summed E-state index contributed by atoms with van der Waals surface area (Å²) in [6.07, 6.45) is 59.7. The average molecular weight is 1470 g/mol. The van der Waals surface area contributed by atoms with Gasteiger partial charge in [0.1, 0.15) is 19.3 Å².